The molecule has 0 amide bonds. The van der Waals surface area contributed by atoms with Gasteiger partial charge in [0.25, 0.3) is 7.82 Å². The zero-order chi connectivity index (χ0) is 23.6. The van der Waals surface area contributed by atoms with E-state index in [0.717, 1.165) is 4.57 Å². The van der Waals surface area contributed by atoms with Crippen molar-refractivity contribution < 1.29 is 51.7 Å². The van der Waals surface area contributed by atoms with Gasteiger partial charge in [0, 0.05) is 6.20 Å². The van der Waals surface area contributed by atoms with Crippen LogP contribution in [0.3, 0.4) is 0 Å². The van der Waals surface area contributed by atoms with Gasteiger partial charge in [-0.05, 0) is 6.07 Å². The highest BCUT2D eigenvalue weighted by Crippen LogP contribution is 2.59. The molecule has 1 saturated heterocycles. The Morgan fingerprint density at radius 3 is 2.48 bits per heavy atom. The van der Waals surface area contributed by atoms with Crippen molar-refractivity contribution in [3.8, 4) is 0 Å². The standard InChI is InChI=1S/C14H26N4O11P2/c1-18(2,3)6-7-26-31(25,29-30(22,23)24)27-8-9-11(19)12(20)13(28-9)17-5-4-10(15)16-14(17)21/h4-5,9,11-13,19-20H,6-8H2,1-3H3,(H3-,15,16,21,22,23,24). The first-order valence-electron chi connectivity index (χ1n) is 8.91. The van der Waals surface area contributed by atoms with Crippen molar-refractivity contribution in [1.82, 2.24) is 9.55 Å². The lowest BCUT2D eigenvalue weighted by Crippen LogP contribution is -2.37. The molecule has 15 nitrogen and oxygen atoms in total. The van der Waals surface area contributed by atoms with Crippen LogP contribution in [0.25, 0.3) is 0 Å². The molecule has 31 heavy (non-hydrogen) atoms. The van der Waals surface area contributed by atoms with Crippen LogP contribution in [0.2, 0.25) is 0 Å². The Labute approximate surface area is 177 Å². The number of aromatic nitrogens is 2. The largest absolute Gasteiger partial charge is 0.756 e. The number of phosphoric acid groups is 2. The molecule has 2 rings (SSSR count). The number of nitrogen functional groups attached to an aromatic ring is 1. The van der Waals surface area contributed by atoms with Crippen molar-refractivity contribution in [3.63, 3.8) is 0 Å². The van der Waals surface area contributed by atoms with E-state index < -0.39 is 52.5 Å². The van der Waals surface area contributed by atoms with E-state index in [0.29, 0.717) is 4.48 Å². The van der Waals surface area contributed by atoms with Crippen LogP contribution in [0, 0.1) is 0 Å². The first kappa shape index (κ1) is 26.0. The molecule has 0 radical (unpaired) electrons. The average Bonchev–Trinajstić information content (AvgIpc) is 2.86. The highest BCUT2D eigenvalue weighted by atomic mass is 31.3. The second-order valence-electron chi connectivity index (χ2n) is 7.73. The molecule has 17 heteroatoms. The molecule has 1 aliphatic heterocycles. The monoisotopic (exact) mass is 488 g/mol. The van der Waals surface area contributed by atoms with E-state index in [1.165, 1.54) is 12.3 Å². The Balaban J connectivity index is 2.10. The van der Waals surface area contributed by atoms with Gasteiger partial charge in [-0.15, -0.1) is 0 Å². The number of nitrogens with zero attached hydrogens (tertiary/aromatic N) is 3. The molecule has 0 bridgehead atoms. The number of aliphatic hydroxyl groups excluding tert-OH is 2. The van der Waals surface area contributed by atoms with E-state index in [2.05, 4.69) is 9.29 Å². The maximum atomic E-state index is 12.6. The maximum Gasteiger partial charge on any atom is 0.481 e. The normalized spacial score (nSPS) is 28.2. The first-order valence-corrected chi connectivity index (χ1v) is 11.9. The lowest BCUT2D eigenvalue weighted by Gasteiger charge is -2.27. The Kier molecular flexibility index (Phi) is 8.17. The summed E-state index contributed by atoms with van der Waals surface area (Å²) < 4.78 is 44.3. The quantitative estimate of drug-likeness (QED) is 0.203. The number of ether oxygens (including phenoxy) is 1. The number of hydrogen-bond acceptors (Lipinski definition) is 12. The molecule has 6 atom stereocenters. The number of likely N-dealkylation sites (N-methyl/N-ethyl adjacent to an activating group) is 1. The van der Waals surface area contributed by atoms with Gasteiger partial charge in [0.05, 0.1) is 27.7 Å². The molecule has 0 saturated carbocycles. The van der Waals surface area contributed by atoms with Gasteiger partial charge in [-0.2, -0.15) is 4.98 Å². The van der Waals surface area contributed by atoms with E-state index >= 15 is 0 Å². The molecule has 2 heterocycles. The molecule has 5 N–H and O–H groups in total. The van der Waals surface area contributed by atoms with Gasteiger partial charge >= 0.3 is 13.5 Å². The number of aliphatic hydroxyl groups is 2. The average molecular weight is 488 g/mol. The second-order valence-corrected chi connectivity index (χ2v) is 10.7. The highest BCUT2D eigenvalue weighted by Gasteiger charge is 2.46. The van der Waals surface area contributed by atoms with Gasteiger partial charge in [0.1, 0.15) is 37.3 Å². The molecule has 0 aliphatic carbocycles. The molecule has 1 aliphatic rings. The fourth-order valence-corrected chi connectivity index (χ4v) is 4.62. The number of nitrogens with two attached hydrogens (primary N) is 1. The Morgan fingerprint density at radius 2 is 1.94 bits per heavy atom. The summed E-state index contributed by atoms with van der Waals surface area (Å²) in [7, 11) is -4.98. The van der Waals surface area contributed by atoms with E-state index in [1.807, 2.05) is 0 Å². The zero-order valence-corrected chi connectivity index (χ0v) is 18.8. The van der Waals surface area contributed by atoms with Gasteiger partial charge in [-0.1, -0.05) is 0 Å². The summed E-state index contributed by atoms with van der Waals surface area (Å²) in [5, 5.41) is 20.4. The number of quaternary nitrogens is 1. The van der Waals surface area contributed by atoms with Gasteiger partial charge in [-0.3, -0.25) is 18.2 Å². The van der Waals surface area contributed by atoms with Gasteiger partial charge in [0.2, 0.25) is 0 Å². The highest BCUT2D eigenvalue weighted by molar-refractivity contribution is 7.60. The molecular formula is C14H26N4O11P2. The Bertz CT molecular complexity index is 914. The van der Waals surface area contributed by atoms with Crippen LogP contribution >= 0.6 is 15.6 Å². The fraction of sp³-hybridized carbons (Fsp3) is 0.714. The lowest BCUT2D eigenvalue weighted by atomic mass is 10.1. The van der Waals surface area contributed by atoms with E-state index in [4.69, 9.17) is 24.4 Å². The second kappa shape index (κ2) is 9.73. The summed E-state index contributed by atoms with van der Waals surface area (Å²) in [6, 6.07) is 1.27. The molecular weight excluding hydrogens is 462 g/mol. The predicted molar refractivity (Wildman–Crippen MR) is 102 cm³/mol. The van der Waals surface area contributed by atoms with E-state index in [1.54, 1.807) is 21.1 Å². The van der Waals surface area contributed by atoms with Crippen LogP contribution < -0.4 is 16.3 Å². The number of rotatable bonds is 10. The SMILES string of the molecule is C[N+](C)(C)CCOP(=O)(OCC1OC(n2ccc(N)nc2=O)C(O)C1O)OP(=O)([O-])O. The summed E-state index contributed by atoms with van der Waals surface area (Å²) in [5.41, 5.74) is 4.54. The zero-order valence-electron chi connectivity index (χ0n) is 17.0. The summed E-state index contributed by atoms with van der Waals surface area (Å²) in [5.74, 6) is -0.0654. The minimum Gasteiger partial charge on any atom is -0.756 e. The minimum absolute atomic E-state index is 0.0654. The summed E-state index contributed by atoms with van der Waals surface area (Å²) in [6.07, 6.45) is -4.79. The van der Waals surface area contributed by atoms with E-state index in [9.17, 15) is 29.0 Å². The smallest absolute Gasteiger partial charge is 0.481 e. The van der Waals surface area contributed by atoms with Crippen LogP contribution in [-0.4, -0.2) is 88.4 Å². The van der Waals surface area contributed by atoms with Crippen LogP contribution in [0.5, 0.6) is 0 Å². The topological polar surface area (TPSA) is 216 Å². The number of hydrogen-bond donors (Lipinski definition) is 4. The van der Waals surface area contributed by atoms with Crippen LogP contribution in [0.4, 0.5) is 5.82 Å². The van der Waals surface area contributed by atoms with E-state index in [-0.39, 0.29) is 19.0 Å². The molecule has 6 unspecified atom stereocenters. The van der Waals surface area contributed by atoms with Crippen molar-refractivity contribution in [3.05, 3.63) is 22.7 Å². The van der Waals surface area contributed by atoms with Crippen molar-refractivity contribution in [1.29, 1.82) is 0 Å². The van der Waals surface area contributed by atoms with Crippen molar-refractivity contribution in [2.24, 2.45) is 0 Å². The molecule has 1 aromatic rings. The Hall–Kier alpha value is -1.22. The van der Waals surface area contributed by atoms with Crippen LogP contribution in [0.1, 0.15) is 6.23 Å². The minimum atomic E-state index is -5.51. The Morgan fingerprint density at radius 1 is 1.29 bits per heavy atom. The van der Waals surface area contributed by atoms with Crippen molar-refractivity contribution in [2.45, 2.75) is 24.5 Å². The molecule has 178 valence electrons. The van der Waals surface area contributed by atoms with Gasteiger partial charge in [-0.25, -0.2) is 13.7 Å². The summed E-state index contributed by atoms with van der Waals surface area (Å²) >= 11 is 0. The summed E-state index contributed by atoms with van der Waals surface area (Å²) in [4.78, 5) is 35.4. The van der Waals surface area contributed by atoms with Crippen LogP contribution in [-0.2, 0) is 27.2 Å². The first-order chi connectivity index (χ1) is 14.1. The third-order valence-corrected chi connectivity index (χ3v) is 6.66. The predicted octanol–water partition coefficient (Wildman–Crippen LogP) is -2.23. The van der Waals surface area contributed by atoms with Gasteiger partial charge in [0.15, 0.2) is 6.23 Å². The molecule has 0 aromatic carbocycles. The number of anilines is 1. The fourth-order valence-electron chi connectivity index (χ4n) is 2.52. The lowest BCUT2D eigenvalue weighted by molar-refractivity contribution is -0.870. The van der Waals surface area contributed by atoms with Crippen LogP contribution in [0.15, 0.2) is 17.1 Å². The third-order valence-electron chi connectivity index (χ3n) is 4.07. The summed E-state index contributed by atoms with van der Waals surface area (Å²) in [6.45, 7) is -0.748. The number of phosphoric ester groups is 1. The molecule has 0 spiro atoms. The third kappa shape index (κ3) is 7.70. The van der Waals surface area contributed by atoms with Gasteiger partial charge < -0.3 is 35.0 Å². The maximum absolute atomic E-state index is 12.6. The molecule has 1 aromatic heterocycles. The van der Waals surface area contributed by atoms with Crippen molar-refractivity contribution >= 4 is 21.5 Å². The molecule has 1 fully saturated rings. The van der Waals surface area contributed by atoms with Crippen molar-refractivity contribution in [2.75, 3.05) is 46.6 Å².